The molecule has 1 aliphatic carbocycles. The van der Waals surface area contributed by atoms with E-state index in [9.17, 15) is 14.7 Å². The minimum Gasteiger partial charge on any atom is -0.543 e. The van der Waals surface area contributed by atoms with Crippen LogP contribution >= 0.6 is 0 Å². The van der Waals surface area contributed by atoms with Crippen molar-refractivity contribution >= 4 is 11.9 Å². The zero-order valence-corrected chi connectivity index (χ0v) is 9.16. The molecule has 16 heavy (non-hydrogen) atoms. The van der Waals surface area contributed by atoms with E-state index in [-0.39, 0.29) is 22.1 Å². The van der Waals surface area contributed by atoms with Gasteiger partial charge in [-0.2, -0.15) is 0 Å². The third kappa shape index (κ3) is 2.33. The van der Waals surface area contributed by atoms with Crippen LogP contribution in [0.5, 0.6) is 0 Å². The lowest BCUT2D eigenvalue weighted by Crippen LogP contribution is -2.57. The molecule has 1 heterocycles. The number of nitrogens with one attached hydrogen (secondary N) is 2. The maximum absolute atomic E-state index is 11.4. The zero-order valence-electron chi connectivity index (χ0n) is 9.16. The van der Waals surface area contributed by atoms with Gasteiger partial charge in [0, 0.05) is 12.0 Å². The number of likely N-dealkylation sites (N-methyl/N-ethyl adjacent to an activating group) is 1. The Morgan fingerprint density at radius 2 is 2.31 bits per heavy atom. The van der Waals surface area contributed by atoms with Crippen LogP contribution in [0, 0.1) is 5.92 Å². The molecule has 1 aliphatic heterocycles. The summed E-state index contributed by atoms with van der Waals surface area (Å²) in [4.78, 5) is 22.0. The monoisotopic (exact) mass is 225 g/mol. The Labute approximate surface area is 93.5 Å². The van der Waals surface area contributed by atoms with E-state index in [4.69, 9.17) is 0 Å². The van der Waals surface area contributed by atoms with Crippen molar-refractivity contribution in [1.82, 2.24) is 10.7 Å². The van der Waals surface area contributed by atoms with Crippen molar-refractivity contribution < 1.29 is 19.3 Å². The van der Waals surface area contributed by atoms with E-state index in [2.05, 4.69) is 10.7 Å². The second kappa shape index (κ2) is 3.79. The van der Waals surface area contributed by atoms with Crippen LogP contribution in [0.1, 0.15) is 12.8 Å². The van der Waals surface area contributed by atoms with Crippen molar-refractivity contribution in [3.63, 3.8) is 0 Å². The quantitative estimate of drug-likeness (QED) is 0.546. The van der Waals surface area contributed by atoms with E-state index in [1.165, 1.54) is 0 Å². The van der Waals surface area contributed by atoms with Crippen molar-refractivity contribution in [1.29, 1.82) is 0 Å². The SMILES string of the molecule is C[N+]1(CNC(=O)C2CC2)CC=C(C(=O)[O-])N1. The molecule has 0 aromatic carbocycles. The average molecular weight is 225 g/mol. The van der Waals surface area contributed by atoms with Crippen LogP contribution in [0.2, 0.25) is 0 Å². The number of nitrogens with zero attached hydrogens (tertiary/aromatic N) is 1. The first-order chi connectivity index (χ1) is 7.50. The fourth-order valence-electron chi connectivity index (χ4n) is 1.65. The van der Waals surface area contributed by atoms with E-state index >= 15 is 0 Å². The van der Waals surface area contributed by atoms with Gasteiger partial charge in [0.25, 0.3) is 0 Å². The van der Waals surface area contributed by atoms with Crippen molar-refractivity contribution in [3.8, 4) is 0 Å². The van der Waals surface area contributed by atoms with E-state index in [0.717, 1.165) is 12.8 Å². The minimum atomic E-state index is -1.21. The number of carbonyl (C=O) groups excluding carboxylic acids is 2. The third-order valence-corrected chi connectivity index (χ3v) is 2.86. The number of aliphatic carboxylic acids is 1. The summed E-state index contributed by atoms with van der Waals surface area (Å²) in [7, 11) is 1.82. The zero-order chi connectivity index (χ0) is 11.8. The van der Waals surface area contributed by atoms with Crippen molar-refractivity contribution in [2.45, 2.75) is 12.8 Å². The van der Waals surface area contributed by atoms with Crippen LogP contribution in [0.4, 0.5) is 0 Å². The molecule has 2 N–H and O–H groups in total. The largest absolute Gasteiger partial charge is 0.543 e. The number of carbonyl (C=O) groups is 2. The summed E-state index contributed by atoms with van der Waals surface area (Å²) >= 11 is 0. The van der Waals surface area contributed by atoms with Gasteiger partial charge in [0.15, 0.2) is 6.67 Å². The number of hydrogen-bond acceptors (Lipinski definition) is 4. The van der Waals surface area contributed by atoms with Gasteiger partial charge in [0.2, 0.25) is 5.91 Å². The second-order valence-electron chi connectivity index (χ2n) is 4.57. The number of rotatable bonds is 4. The molecule has 1 amide bonds. The topological polar surface area (TPSA) is 81.3 Å². The molecule has 6 nitrogen and oxygen atoms in total. The summed E-state index contributed by atoms with van der Waals surface area (Å²) in [5, 5.41) is 13.4. The van der Waals surface area contributed by atoms with Gasteiger partial charge < -0.3 is 15.2 Å². The maximum Gasteiger partial charge on any atom is 0.227 e. The highest BCUT2D eigenvalue weighted by atomic mass is 16.4. The molecule has 1 atom stereocenters. The molecule has 2 aliphatic rings. The van der Waals surface area contributed by atoms with Gasteiger partial charge in [-0.1, -0.05) is 0 Å². The molecular weight excluding hydrogens is 210 g/mol. The van der Waals surface area contributed by atoms with Crippen LogP contribution in [0.25, 0.3) is 0 Å². The van der Waals surface area contributed by atoms with Gasteiger partial charge in [-0.3, -0.25) is 4.79 Å². The molecule has 1 saturated carbocycles. The molecule has 0 aromatic heterocycles. The van der Waals surface area contributed by atoms with Gasteiger partial charge in [0.05, 0.1) is 13.0 Å². The number of amides is 1. The third-order valence-electron chi connectivity index (χ3n) is 2.86. The Morgan fingerprint density at radius 3 is 2.81 bits per heavy atom. The second-order valence-corrected chi connectivity index (χ2v) is 4.57. The van der Waals surface area contributed by atoms with Crippen molar-refractivity contribution in [3.05, 3.63) is 11.8 Å². The fourth-order valence-corrected chi connectivity index (χ4v) is 1.65. The first kappa shape index (κ1) is 10.9. The molecule has 0 bridgehead atoms. The summed E-state index contributed by atoms with van der Waals surface area (Å²) in [6.45, 7) is 0.900. The lowest BCUT2D eigenvalue weighted by molar-refractivity contribution is -0.938. The molecule has 6 heteroatoms. The molecule has 0 spiro atoms. The molecule has 0 aromatic rings. The highest BCUT2D eigenvalue weighted by Gasteiger charge is 2.33. The summed E-state index contributed by atoms with van der Waals surface area (Å²) < 4.78 is 0.266. The van der Waals surface area contributed by atoms with E-state index < -0.39 is 5.97 Å². The lowest BCUT2D eigenvalue weighted by atomic mass is 10.4. The normalized spacial score (nSPS) is 28.2. The summed E-state index contributed by atoms with van der Waals surface area (Å²) in [5.74, 6) is -0.985. The van der Waals surface area contributed by atoms with E-state index in [1.807, 2.05) is 7.05 Å². The van der Waals surface area contributed by atoms with Gasteiger partial charge in [-0.15, -0.1) is 0 Å². The van der Waals surface area contributed by atoms with Crippen LogP contribution in [-0.2, 0) is 9.59 Å². The summed E-state index contributed by atoms with van der Waals surface area (Å²) in [6.07, 6.45) is 3.50. The van der Waals surface area contributed by atoms with Gasteiger partial charge in [-0.05, 0) is 12.8 Å². The highest BCUT2D eigenvalue weighted by Crippen LogP contribution is 2.28. The summed E-state index contributed by atoms with van der Waals surface area (Å²) in [6, 6.07) is 0. The van der Waals surface area contributed by atoms with Crippen molar-refractivity contribution in [2.24, 2.45) is 5.92 Å². The van der Waals surface area contributed by atoms with E-state index in [1.54, 1.807) is 6.08 Å². The Hall–Kier alpha value is -1.56. The Kier molecular flexibility index (Phi) is 2.59. The number of hydrogen-bond donors (Lipinski definition) is 2. The van der Waals surface area contributed by atoms with Crippen LogP contribution in [0.15, 0.2) is 11.8 Å². The first-order valence-corrected chi connectivity index (χ1v) is 5.32. The smallest absolute Gasteiger partial charge is 0.227 e. The minimum absolute atomic E-state index is 0.0584. The number of quaternary nitrogens is 1. The Morgan fingerprint density at radius 1 is 1.62 bits per heavy atom. The Bertz CT molecular complexity index is 362. The molecule has 1 unspecified atom stereocenters. The standard InChI is InChI=1S/C10H15N3O3/c1-13(5-4-8(12-13)10(15)16)6-11-9(14)7-2-3-7/h4,7,12H,2-3,5-6H2,1H3,(H-,11,14,15,16). The fraction of sp³-hybridized carbons (Fsp3) is 0.600. The molecule has 2 rings (SSSR count). The van der Waals surface area contributed by atoms with Gasteiger partial charge in [-0.25, -0.2) is 10.0 Å². The number of carboxylic acids is 1. The maximum atomic E-state index is 11.4. The summed E-state index contributed by atoms with van der Waals surface area (Å²) in [5.41, 5.74) is 2.89. The van der Waals surface area contributed by atoms with Crippen LogP contribution in [0.3, 0.4) is 0 Å². The predicted molar refractivity (Wildman–Crippen MR) is 53.0 cm³/mol. The molecular formula is C10H15N3O3. The molecule has 0 radical (unpaired) electrons. The molecule has 0 saturated heterocycles. The van der Waals surface area contributed by atoms with Gasteiger partial charge >= 0.3 is 0 Å². The molecule has 1 fully saturated rings. The average Bonchev–Trinajstić information content (AvgIpc) is 2.99. The van der Waals surface area contributed by atoms with Crippen molar-refractivity contribution in [2.75, 3.05) is 20.3 Å². The predicted octanol–water partition coefficient (Wildman–Crippen LogP) is -1.93. The number of carboxylic acid groups (broad SMARTS) is 1. The van der Waals surface area contributed by atoms with Gasteiger partial charge in [0.1, 0.15) is 12.2 Å². The highest BCUT2D eigenvalue weighted by molar-refractivity contribution is 5.84. The Balaban J connectivity index is 1.81. The van der Waals surface area contributed by atoms with Crippen LogP contribution < -0.4 is 15.8 Å². The lowest BCUT2D eigenvalue weighted by Gasteiger charge is -2.29. The molecule has 88 valence electrons. The van der Waals surface area contributed by atoms with Crippen LogP contribution in [-0.4, -0.2) is 36.7 Å². The van der Waals surface area contributed by atoms with E-state index in [0.29, 0.717) is 13.2 Å². The first-order valence-electron chi connectivity index (χ1n) is 5.32.